The summed E-state index contributed by atoms with van der Waals surface area (Å²) in [6.07, 6.45) is 5.88. The monoisotopic (exact) mass is 328 g/mol. The zero-order valence-electron chi connectivity index (χ0n) is 12.8. The van der Waals surface area contributed by atoms with Crippen molar-refractivity contribution >= 4 is 28.9 Å². The molecule has 1 aromatic heterocycles. The Balaban J connectivity index is 2.14. The Morgan fingerprint density at radius 2 is 2.00 bits per heavy atom. The van der Waals surface area contributed by atoms with Crippen LogP contribution in [0, 0.1) is 5.82 Å². The van der Waals surface area contributed by atoms with E-state index in [1.54, 1.807) is 25.4 Å². The van der Waals surface area contributed by atoms with Crippen LogP contribution < -0.4 is 11.1 Å². The van der Waals surface area contributed by atoms with E-state index in [1.165, 1.54) is 0 Å². The molecular formula is C17H17FN4S. The lowest BCUT2D eigenvalue weighted by molar-refractivity contribution is 0.613. The molecule has 0 bridgehead atoms. The van der Waals surface area contributed by atoms with Crippen LogP contribution in [0.15, 0.2) is 35.6 Å². The molecule has 0 saturated heterocycles. The third-order valence-corrected chi connectivity index (χ3v) is 4.04. The number of amidine groups is 1. The first-order valence-electron chi connectivity index (χ1n) is 7.42. The van der Waals surface area contributed by atoms with Gasteiger partial charge in [-0.05, 0) is 73.3 Å². The Kier molecular flexibility index (Phi) is 4.34. The molecule has 23 heavy (non-hydrogen) atoms. The number of anilines is 1. The highest BCUT2D eigenvalue weighted by Crippen LogP contribution is 2.39. The quantitative estimate of drug-likeness (QED) is 0.503. The minimum atomic E-state index is -0.167. The third-order valence-electron chi connectivity index (χ3n) is 3.85. The van der Waals surface area contributed by atoms with Gasteiger partial charge in [0.05, 0.1) is 11.5 Å². The van der Waals surface area contributed by atoms with Gasteiger partial charge in [0.15, 0.2) is 5.11 Å². The molecule has 0 saturated carbocycles. The standard InChI is InChI=1S/C17H17FN4S/c1-10(19)21-17(23)22-16-13-4-2-3-12(13)15(18)9-14(16)11-5-7-20-8-6-11/h5-9H,2-4H2,1H3,(H3,19,21,22,23). The predicted octanol–water partition coefficient (Wildman–Crippen LogP) is 3.45. The molecule has 1 aromatic carbocycles. The lowest BCUT2D eigenvalue weighted by Gasteiger charge is -2.17. The third kappa shape index (κ3) is 3.22. The van der Waals surface area contributed by atoms with Gasteiger partial charge in [0.2, 0.25) is 0 Å². The highest BCUT2D eigenvalue weighted by molar-refractivity contribution is 7.80. The van der Waals surface area contributed by atoms with Crippen LogP contribution >= 0.6 is 12.2 Å². The van der Waals surface area contributed by atoms with Crippen LogP contribution in [0.5, 0.6) is 0 Å². The first-order chi connectivity index (χ1) is 11.1. The van der Waals surface area contributed by atoms with E-state index in [1.807, 2.05) is 12.1 Å². The summed E-state index contributed by atoms with van der Waals surface area (Å²) in [5.74, 6) is 0.214. The number of pyridine rings is 1. The minimum absolute atomic E-state index is 0.167. The molecule has 0 radical (unpaired) electrons. The number of thiocarbonyl (C=S) groups is 1. The first kappa shape index (κ1) is 15.6. The van der Waals surface area contributed by atoms with Gasteiger partial charge in [-0.15, -0.1) is 0 Å². The SMILES string of the molecule is CC(N)=NC(=S)Nc1c(-c2ccncc2)cc(F)c2c1CCC2. The van der Waals surface area contributed by atoms with E-state index in [-0.39, 0.29) is 10.9 Å². The topological polar surface area (TPSA) is 63.3 Å². The molecule has 0 spiro atoms. The van der Waals surface area contributed by atoms with Gasteiger partial charge in [-0.2, -0.15) is 0 Å². The molecule has 1 heterocycles. The zero-order chi connectivity index (χ0) is 16.4. The molecule has 2 aromatic rings. The molecule has 6 heteroatoms. The maximum absolute atomic E-state index is 14.4. The number of nitrogens with two attached hydrogens (primary N) is 1. The molecule has 4 nitrogen and oxygen atoms in total. The average molecular weight is 328 g/mol. The van der Waals surface area contributed by atoms with Crippen molar-refractivity contribution in [2.75, 3.05) is 5.32 Å². The second-order valence-corrected chi connectivity index (χ2v) is 5.90. The number of halogens is 1. The molecule has 0 fully saturated rings. The van der Waals surface area contributed by atoms with E-state index < -0.39 is 0 Å². The largest absolute Gasteiger partial charge is 0.387 e. The van der Waals surface area contributed by atoms with Crippen LogP contribution in [-0.4, -0.2) is 15.9 Å². The van der Waals surface area contributed by atoms with Gasteiger partial charge < -0.3 is 11.1 Å². The summed E-state index contributed by atoms with van der Waals surface area (Å²) in [5, 5.41) is 3.42. The molecular weight excluding hydrogens is 311 g/mol. The molecule has 1 aliphatic carbocycles. The number of fused-ring (bicyclic) bond motifs is 1. The lowest BCUT2D eigenvalue weighted by Crippen LogP contribution is -2.15. The van der Waals surface area contributed by atoms with E-state index in [9.17, 15) is 4.39 Å². The van der Waals surface area contributed by atoms with Crippen molar-refractivity contribution in [2.24, 2.45) is 10.7 Å². The number of rotatable bonds is 2. The van der Waals surface area contributed by atoms with Crippen LogP contribution in [0.4, 0.5) is 10.1 Å². The van der Waals surface area contributed by atoms with Crippen molar-refractivity contribution in [3.8, 4) is 11.1 Å². The van der Waals surface area contributed by atoms with Crippen molar-refractivity contribution in [1.82, 2.24) is 4.98 Å². The maximum Gasteiger partial charge on any atom is 0.198 e. The summed E-state index contributed by atoms with van der Waals surface area (Å²) in [5.41, 5.74) is 9.79. The van der Waals surface area contributed by atoms with Crippen LogP contribution in [-0.2, 0) is 12.8 Å². The number of nitrogens with zero attached hydrogens (tertiary/aromatic N) is 2. The second kappa shape index (κ2) is 6.42. The lowest BCUT2D eigenvalue weighted by atomic mass is 9.97. The summed E-state index contributed by atoms with van der Waals surface area (Å²) in [4.78, 5) is 8.08. The molecule has 118 valence electrons. The molecule has 0 atom stereocenters. The molecule has 0 aliphatic heterocycles. The molecule has 0 amide bonds. The highest BCUT2D eigenvalue weighted by Gasteiger charge is 2.23. The van der Waals surface area contributed by atoms with E-state index in [4.69, 9.17) is 18.0 Å². The van der Waals surface area contributed by atoms with E-state index in [0.29, 0.717) is 5.84 Å². The maximum atomic E-state index is 14.4. The molecule has 3 rings (SSSR count). The average Bonchev–Trinajstić information content (AvgIpc) is 3.00. The summed E-state index contributed by atoms with van der Waals surface area (Å²) in [6.45, 7) is 1.67. The Morgan fingerprint density at radius 3 is 2.70 bits per heavy atom. The summed E-state index contributed by atoms with van der Waals surface area (Å²) in [7, 11) is 0. The van der Waals surface area contributed by atoms with Gasteiger partial charge in [0.1, 0.15) is 5.82 Å². The summed E-state index contributed by atoms with van der Waals surface area (Å²) in [6, 6.07) is 5.26. The van der Waals surface area contributed by atoms with Crippen LogP contribution in [0.1, 0.15) is 24.5 Å². The zero-order valence-corrected chi connectivity index (χ0v) is 13.6. The van der Waals surface area contributed by atoms with Crippen LogP contribution in [0.2, 0.25) is 0 Å². The molecule has 1 aliphatic rings. The number of hydrogen-bond donors (Lipinski definition) is 2. The normalized spacial score (nSPS) is 13.7. The Morgan fingerprint density at radius 1 is 1.30 bits per heavy atom. The number of nitrogens with one attached hydrogen (secondary N) is 1. The highest BCUT2D eigenvalue weighted by atomic mass is 32.1. The van der Waals surface area contributed by atoms with Crippen LogP contribution in [0.3, 0.4) is 0 Å². The van der Waals surface area contributed by atoms with Crippen molar-refractivity contribution in [2.45, 2.75) is 26.2 Å². The Bertz CT molecular complexity index is 783. The fourth-order valence-electron chi connectivity index (χ4n) is 2.93. The van der Waals surface area contributed by atoms with Crippen molar-refractivity contribution in [3.63, 3.8) is 0 Å². The van der Waals surface area contributed by atoms with Gasteiger partial charge in [-0.3, -0.25) is 4.98 Å². The van der Waals surface area contributed by atoms with Gasteiger partial charge >= 0.3 is 0 Å². The van der Waals surface area contributed by atoms with Gasteiger partial charge in [-0.25, -0.2) is 9.38 Å². The van der Waals surface area contributed by atoms with Gasteiger partial charge in [0, 0.05) is 18.0 Å². The summed E-state index contributed by atoms with van der Waals surface area (Å²) < 4.78 is 14.4. The number of benzene rings is 1. The van der Waals surface area contributed by atoms with E-state index >= 15 is 0 Å². The fraction of sp³-hybridized carbons (Fsp3) is 0.235. The molecule has 0 unspecified atom stereocenters. The van der Waals surface area contributed by atoms with Crippen LogP contribution in [0.25, 0.3) is 11.1 Å². The Hall–Kier alpha value is -2.34. The van der Waals surface area contributed by atoms with Crippen molar-refractivity contribution in [3.05, 3.63) is 47.5 Å². The van der Waals surface area contributed by atoms with E-state index in [2.05, 4.69) is 15.3 Å². The number of aromatic nitrogens is 1. The summed E-state index contributed by atoms with van der Waals surface area (Å²) >= 11 is 5.24. The van der Waals surface area contributed by atoms with Gasteiger partial charge in [-0.1, -0.05) is 0 Å². The van der Waals surface area contributed by atoms with Crippen molar-refractivity contribution < 1.29 is 4.39 Å². The minimum Gasteiger partial charge on any atom is -0.387 e. The van der Waals surface area contributed by atoms with E-state index in [0.717, 1.165) is 47.2 Å². The first-order valence-corrected chi connectivity index (χ1v) is 7.83. The smallest absolute Gasteiger partial charge is 0.198 e. The second-order valence-electron chi connectivity index (χ2n) is 5.51. The fourth-order valence-corrected chi connectivity index (χ4v) is 3.17. The Labute approximate surface area is 139 Å². The number of hydrogen-bond acceptors (Lipinski definition) is 2. The predicted molar refractivity (Wildman–Crippen MR) is 95.2 cm³/mol. The molecule has 3 N–H and O–H groups in total. The van der Waals surface area contributed by atoms with Crippen molar-refractivity contribution in [1.29, 1.82) is 0 Å². The number of aliphatic imine (C=N–C) groups is 1. The van der Waals surface area contributed by atoms with Gasteiger partial charge in [0.25, 0.3) is 0 Å².